The van der Waals surface area contributed by atoms with Crippen molar-refractivity contribution in [1.82, 2.24) is 0 Å². The number of cyclic esters (lactones) is 1. The number of fused-ring (bicyclic) bond motifs is 7. The normalized spacial score (nSPS) is 52.9. The predicted molar refractivity (Wildman–Crippen MR) is 138 cm³/mol. The third-order valence-corrected chi connectivity index (χ3v) is 12.6. The summed E-state index contributed by atoms with van der Waals surface area (Å²) in [5, 5.41) is 47.7. The van der Waals surface area contributed by atoms with Gasteiger partial charge in [-0.2, -0.15) is 0 Å². The fourth-order valence-corrected chi connectivity index (χ4v) is 10.5. The lowest BCUT2D eigenvalue weighted by molar-refractivity contribution is -0.336. The van der Waals surface area contributed by atoms with Crippen LogP contribution in [0.25, 0.3) is 0 Å². The van der Waals surface area contributed by atoms with Crippen molar-refractivity contribution in [2.24, 2.45) is 38.9 Å². The summed E-state index contributed by atoms with van der Waals surface area (Å²) in [6.45, 7) is 11.6. The number of aliphatic hydroxyl groups is 4. The molecule has 38 heavy (non-hydrogen) atoms. The van der Waals surface area contributed by atoms with Gasteiger partial charge in [0.2, 0.25) is 0 Å². The van der Waals surface area contributed by atoms with Crippen molar-refractivity contribution in [3.63, 3.8) is 0 Å². The number of carbonyl (C=O) groups excluding carboxylic acids is 2. The summed E-state index contributed by atoms with van der Waals surface area (Å²) in [7, 11) is 1.35. The largest absolute Gasteiger partial charge is 0.468 e. The highest BCUT2D eigenvalue weighted by atomic mass is 16.5. The Kier molecular flexibility index (Phi) is 6.14. The summed E-state index contributed by atoms with van der Waals surface area (Å²) in [6, 6.07) is 0. The minimum absolute atomic E-state index is 0.234. The second kappa shape index (κ2) is 8.38. The zero-order chi connectivity index (χ0) is 28.1. The van der Waals surface area contributed by atoms with Crippen molar-refractivity contribution in [2.45, 2.75) is 96.6 Å². The molecule has 0 unspecified atom stereocenters. The fraction of sp³-hybridized carbons (Fsp3) is 0.800. The number of ether oxygens (including phenoxy) is 2. The van der Waals surface area contributed by atoms with Crippen LogP contribution in [0, 0.1) is 38.9 Å². The molecule has 0 radical (unpaired) electrons. The molecule has 5 aliphatic rings. The van der Waals surface area contributed by atoms with E-state index in [0.29, 0.717) is 32.1 Å². The first-order valence-electron chi connectivity index (χ1n) is 14.0. The van der Waals surface area contributed by atoms with Gasteiger partial charge < -0.3 is 29.9 Å². The lowest BCUT2D eigenvalue weighted by Gasteiger charge is -2.75. The van der Waals surface area contributed by atoms with Gasteiger partial charge >= 0.3 is 11.9 Å². The van der Waals surface area contributed by atoms with E-state index in [1.165, 1.54) is 13.2 Å². The van der Waals surface area contributed by atoms with Crippen molar-refractivity contribution >= 4 is 11.9 Å². The Labute approximate surface area is 225 Å². The third-order valence-electron chi connectivity index (χ3n) is 12.6. The van der Waals surface area contributed by atoms with E-state index in [4.69, 9.17) is 9.47 Å². The highest BCUT2D eigenvalue weighted by molar-refractivity contribution is 5.83. The highest BCUT2D eigenvalue weighted by Gasteiger charge is 2.81. The lowest BCUT2D eigenvalue weighted by atomic mass is 9.29. The van der Waals surface area contributed by atoms with Crippen LogP contribution in [0.1, 0.15) is 72.6 Å². The Balaban J connectivity index is 1.76. The molecule has 0 amide bonds. The van der Waals surface area contributed by atoms with Gasteiger partial charge in [0.15, 0.2) is 0 Å². The summed E-state index contributed by atoms with van der Waals surface area (Å²) in [5.41, 5.74) is -5.46. The van der Waals surface area contributed by atoms with Gasteiger partial charge in [0.05, 0.1) is 36.4 Å². The van der Waals surface area contributed by atoms with Crippen LogP contribution in [0.4, 0.5) is 0 Å². The van der Waals surface area contributed by atoms with E-state index in [1.807, 2.05) is 13.8 Å². The molecule has 0 spiro atoms. The lowest BCUT2D eigenvalue weighted by Crippen LogP contribution is -2.80. The fourth-order valence-electron chi connectivity index (χ4n) is 10.5. The van der Waals surface area contributed by atoms with Crippen LogP contribution in [0.2, 0.25) is 0 Å². The van der Waals surface area contributed by atoms with Gasteiger partial charge in [-0.05, 0) is 80.0 Å². The highest BCUT2D eigenvalue weighted by Crippen LogP contribution is 2.78. The zero-order valence-corrected chi connectivity index (χ0v) is 23.3. The van der Waals surface area contributed by atoms with Crippen molar-refractivity contribution in [3.8, 4) is 0 Å². The molecule has 5 rings (SSSR count). The van der Waals surface area contributed by atoms with E-state index >= 15 is 0 Å². The van der Waals surface area contributed by atoms with Gasteiger partial charge in [0.25, 0.3) is 0 Å². The standard InChI is InChI=1S/C30H44O8/c1-17-9-10-25(3)11-13-27(5)22-21(33)23(34)28(18(2)31)16-38-20(32)8-7-19(28)26(22,4)12-14-29(27,24(35)37-6)30(25,36)15-17/h7-8,18-19,21-23,31,33-34,36H,1,9-16H2,2-6H3/t18-,19+,21+,22+,23+,25-,26+,27-,28-,29-,30+/m1/s1. The van der Waals surface area contributed by atoms with E-state index in [2.05, 4.69) is 13.5 Å². The van der Waals surface area contributed by atoms with Crippen LogP contribution in [-0.2, 0) is 19.1 Å². The van der Waals surface area contributed by atoms with Crippen LogP contribution >= 0.6 is 0 Å². The number of hydrogen-bond acceptors (Lipinski definition) is 8. The minimum Gasteiger partial charge on any atom is -0.468 e. The maximum absolute atomic E-state index is 14.1. The summed E-state index contributed by atoms with van der Waals surface area (Å²) in [5.74, 6) is -2.22. The van der Waals surface area contributed by atoms with E-state index in [-0.39, 0.29) is 13.0 Å². The molecule has 8 heteroatoms. The molecule has 4 N–H and O–H groups in total. The smallest absolute Gasteiger partial charge is 0.330 e. The Hall–Kier alpha value is -1.74. The number of rotatable bonds is 2. The number of aliphatic hydroxyl groups excluding tert-OH is 3. The first-order chi connectivity index (χ1) is 17.6. The van der Waals surface area contributed by atoms with E-state index in [1.54, 1.807) is 13.0 Å². The summed E-state index contributed by atoms with van der Waals surface area (Å²) in [4.78, 5) is 26.4. The molecule has 212 valence electrons. The molecular formula is C30H44O8. The molecule has 8 nitrogen and oxygen atoms in total. The molecule has 0 bridgehead atoms. The molecule has 0 aromatic heterocycles. The van der Waals surface area contributed by atoms with Gasteiger partial charge in [-0.3, -0.25) is 4.79 Å². The monoisotopic (exact) mass is 532 g/mol. The molecule has 1 heterocycles. The van der Waals surface area contributed by atoms with E-state index in [0.717, 1.165) is 12.0 Å². The molecule has 1 aliphatic heterocycles. The average molecular weight is 533 g/mol. The third kappa shape index (κ3) is 2.95. The van der Waals surface area contributed by atoms with Crippen molar-refractivity contribution < 1.29 is 39.5 Å². The molecule has 0 aromatic carbocycles. The van der Waals surface area contributed by atoms with Gasteiger partial charge in [-0.15, -0.1) is 0 Å². The SMILES string of the molecule is C=C1CC[C@]2(C)CC[C@]3(C)[C@H]4[C@H](O)[C@H](O)[C@@]5([C@@H](C)O)COC(=O)C=C[C@H]5[C@]4(C)CC[C@]3(C(=O)OC)[C@]2(O)C1. The van der Waals surface area contributed by atoms with Crippen LogP contribution in [-0.4, -0.2) is 70.0 Å². The number of methoxy groups -OCH3 is 1. The second-order valence-electron chi connectivity index (χ2n) is 13.8. The second-order valence-corrected chi connectivity index (χ2v) is 13.8. The zero-order valence-electron chi connectivity index (χ0n) is 23.3. The van der Waals surface area contributed by atoms with Crippen LogP contribution in [0.15, 0.2) is 24.3 Å². The predicted octanol–water partition coefficient (Wildman–Crippen LogP) is 2.67. The van der Waals surface area contributed by atoms with E-state index < -0.39 is 74.8 Å². The van der Waals surface area contributed by atoms with Gasteiger partial charge in [-0.1, -0.05) is 39.0 Å². The topological polar surface area (TPSA) is 134 Å². The molecule has 11 atom stereocenters. The molecule has 4 fully saturated rings. The van der Waals surface area contributed by atoms with Crippen molar-refractivity contribution in [1.29, 1.82) is 0 Å². The van der Waals surface area contributed by atoms with Crippen LogP contribution in [0.3, 0.4) is 0 Å². The molecule has 0 saturated heterocycles. The summed E-state index contributed by atoms with van der Waals surface area (Å²) >= 11 is 0. The minimum atomic E-state index is -1.45. The quantitative estimate of drug-likeness (QED) is 0.315. The van der Waals surface area contributed by atoms with Gasteiger partial charge in [0, 0.05) is 6.08 Å². The number of carbonyl (C=O) groups is 2. The van der Waals surface area contributed by atoms with Gasteiger partial charge in [-0.25, -0.2) is 4.79 Å². The first-order valence-corrected chi connectivity index (χ1v) is 14.0. The Bertz CT molecular complexity index is 1080. The first kappa shape index (κ1) is 27.8. The van der Waals surface area contributed by atoms with Crippen LogP contribution < -0.4 is 0 Å². The van der Waals surface area contributed by atoms with E-state index in [9.17, 15) is 30.0 Å². The Morgan fingerprint density at radius 3 is 2.47 bits per heavy atom. The molecular weight excluding hydrogens is 488 g/mol. The summed E-state index contributed by atoms with van der Waals surface area (Å²) in [6.07, 6.45) is 2.88. The molecule has 4 aliphatic carbocycles. The number of allylic oxidation sites excluding steroid dienone is 1. The number of esters is 2. The molecule has 4 saturated carbocycles. The molecule has 0 aromatic rings. The Morgan fingerprint density at radius 2 is 1.84 bits per heavy atom. The van der Waals surface area contributed by atoms with Gasteiger partial charge in [0.1, 0.15) is 12.0 Å². The van der Waals surface area contributed by atoms with Crippen molar-refractivity contribution in [3.05, 3.63) is 24.3 Å². The number of hydrogen-bond donors (Lipinski definition) is 4. The Morgan fingerprint density at radius 1 is 1.16 bits per heavy atom. The maximum atomic E-state index is 14.1. The average Bonchev–Trinajstić information content (AvgIpc) is 3.04. The van der Waals surface area contributed by atoms with Crippen molar-refractivity contribution in [2.75, 3.05) is 13.7 Å². The van der Waals surface area contributed by atoms with Crippen LogP contribution in [0.5, 0.6) is 0 Å². The summed E-state index contributed by atoms with van der Waals surface area (Å²) < 4.78 is 10.9. The maximum Gasteiger partial charge on any atom is 0.330 e.